The fraction of sp³-hybridized carbons (Fsp3) is 0.417. The summed E-state index contributed by atoms with van der Waals surface area (Å²) in [4.78, 5) is 14.0. The summed E-state index contributed by atoms with van der Waals surface area (Å²) in [5.41, 5.74) is 0.826. The Bertz CT molecular complexity index is 374. The summed E-state index contributed by atoms with van der Waals surface area (Å²) < 4.78 is 1.03. The number of rotatable bonds is 2. The molecular weight excluding hydrogens is 301 g/mol. The van der Waals surface area contributed by atoms with Crippen LogP contribution in [-0.4, -0.2) is 23.9 Å². The van der Waals surface area contributed by atoms with Crippen LogP contribution in [0.3, 0.4) is 0 Å². The molecular formula is C12H14INO. The van der Waals surface area contributed by atoms with E-state index < -0.39 is 0 Å². The number of carbonyl (C=O) groups excluding carboxylic acids is 1. The van der Waals surface area contributed by atoms with Gasteiger partial charge in [-0.25, -0.2) is 0 Å². The maximum Gasteiger partial charge on any atom is 0.254 e. The minimum Gasteiger partial charge on any atom is -0.339 e. The second kappa shape index (κ2) is 4.51. The summed E-state index contributed by atoms with van der Waals surface area (Å²) in [5.74, 6) is 0.157. The van der Waals surface area contributed by atoms with Gasteiger partial charge in [-0.3, -0.25) is 4.79 Å². The molecule has 2 nitrogen and oxygen atoms in total. The molecule has 15 heavy (non-hydrogen) atoms. The van der Waals surface area contributed by atoms with Crippen molar-refractivity contribution in [3.8, 4) is 0 Å². The maximum absolute atomic E-state index is 12.1. The molecule has 0 aromatic heterocycles. The summed E-state index contributed by atoms with van der Waals surface area (Å²) in [6.07, 6.45) is 3.57. The van der Waals surface area contributed by atoms with Crippen molar-refractivity contribution in [2.45, 2.75) is 25.3 Å². The third-order valence-corrected chi connectivity index (χ3v) is 3.99. The van der Waals surface area contributed by atoms with Gasteiger partial charge in [-0.15, -0.1) is 0 Å². The molecule has 1 aromatic rings. The van der Waals surface area contributed by atoms with E-state index in [4.69, 9.17) is 0 Å². The van der Waals surface area contributed by atoms with Gasteiger partial charge in [-0.1, -0.05) is 12.1 Å². The molecule has 1 aliphatic rings. The van der Waals surface area contributed by atoms with Crippen molar-refractivity contribution < 1.29 is 4.79 Å². The number of hydrogen-bond donors (Lipinski definition) is 0. The highest BCUT2D eigenvalue weighted by Crippen LogP contribution is 2.25. The van der Waals surface area contributed by atoms with E-state index in [-0.39, 0.29) is 5.91 Å². The Hall–Kier alpha value is -0.580. The minimum absolute atomic E-state index is 0.157. The van der Waals surface area contributed by atoms with Crippen LogP contribution in [0.5, 0.6) is 0 Å². The zero-order valence-electron chi connectivity index (χ0n) is 8.74. The van der Waals surface area contributed by atoms with Crippen LogP contribution >= 0.6 is 22.6 Å². The quantitative estimate of drug-likeness (QED) is 0.769. The lowest BCUT2D eigenvalue weighted by Gasteiger charge is -2.34. The Kier molecular flexibility index (Phi) is 3.29. The normalized spacial score (nSPS) is 15.9. The molecule has 0 radical (unpaired) electrons. The molecule has 1 saturated carbocycles. The van der Waals surface area contributed by atoms with Gasteiger partial charge in [0, 0.05) is 16.7 Å². The first kappa shape index (κ1) is 10.9. The van der Waals surface area contributed by atoms with Gasteiger partial charge >= 0.3 is 0 Å². The second-order valence-electron chi connectivity index (χ2n) is 3.98. The van der Waals surface area contributed by atoms with Crippen LogP contribution in [0.1, 0.15) is 29.6 Å². The molecule has 0 aliphatic heterocycles. The lowest BCUT2D eigenvalue weighted by Crippen LogP contribution is -2.41. The van der Waals surface area contributed by atoms with E-state index in [9.17, 15) is 4.79 Å². The van der Waals surface area contributed by atoms with E-state index in [0.717, 1.165) is 22.0 Å². The van der Waals surface area contributed by atoms with Gasteiger partial charge < -0.3 is 4.90 Å². The molecule has 1 fully saturated rings. The fourth-order valence-electron chi connectivity index (χ4n) is 1.76. The molecule has 0 atom stereocenters. The highest BCUT2D eigenvalue weighted by Gasteiger charge is 2.26. The monoisotopic (exact) mass is 315 g/mol. The molecule has 0 bridgehead atoms. The first-order valence-electron chi connectivity index (χ1n) is 5.22. The van der Waals surface area contributed by atoms with Crippen LogP contribution in [-0.2, 0) is 0 Å². The Labute approximate surface area is 104 Å². The summed E-state index contributed by atoms with van der Waals surface area (Å²) >= 11 is 2.21. The molecule has 80 valence electrons. The van der Waals surface area contributed by atoms with Crippen LogP contribution in [0.25, 0.3) is 0 Å². The van der Waals surface area contributed by atoms with Crippen molar-refractivity contribution in [2.75, 3.05) is 7.05 Å². The minimum atomic E-state index is 0.157. The van der Waals surface area contributed by atoms with Crippen molar-refractivity contribution in [2.24, 2.45) is 0 Å². The number of halogens is 1. The summed E-state index contributed by atoms with van der Waals surface area (Å²) in [6.45, 7) is 0. The third-order valence-electron chi connectivity index (χ3n) is 3.05. The number of hydrogen-bond acceptors (Lipinski definition) is 1. The second-order valence-corrected chi connectivity index (χ2v) is 5.14. The van der Waals surface area contributed by atoms with Gasteiger partial charge in [-0.05, 0) is 54.0 Å². The van der Waals surface area contributed by atoms with E-state index in [1.54, 1.807) is 0 Å². The molecule has 0 N–H and O–H groups in total. The van der Waals surface area contributed by atoms with Gasteiger partial charge in [0.1, 0.15) is 0 Å². The highest BCUT2D eigenvalue weighted by molar-refractivity contribution is 14.1. The largest absolute Gasteiger partial charge is 0.339 e. The first-order valence-corrected chi connectivity index (χ1v) is 6.29. The van der Waals surface area contributed by atoms with Crippen molar-refractivity contribution >= 4 is 28.5 Å². The first-order chi connectivity index (χ1) is 7.20. The number of amides is 1. The lowest BCUT2D eigenvalue weighted by molar-refractivity contribution is 0.0651. The van der Waals surface area contributed by atoms with Gasteiger partial charge in [-0.2, -0.15) is 0 Å². The van der Waals surface area contributed by atoms with Crippen molar-refractivity contribution in [1.82, 2.24) is 4.90 Å². The smallest absolute Gasteiger partial charge is 0.254 e. The molecule has 1 aromatic carbocycles. The fourth-order valence-corrected chi connectivity index (χ4v) is 2.38. The number of benzene rings is 1. The van der Waals surface area contributed by atoms with Gasteiger partial charge in [0.05, 0.1) is 5.56 Å². The summed E-state index contributed by atoms with van der Waals surface area (Å²) in [7, 11) is 1.91. The SMILES string of the molecule is CN(C(=O)c1ccccc1I)C1CCC1. The van der Waals surface area contributed by atoms with Crippen molar-refractivity contribution in [3.05, 3.63) is 33.4 Å². The molecule has 1 aliphatic carbocycles. The highest BCUT2D eigenvalue weighted by atomic mass is 127. The molecule has 0 heterocycles. The molecule has 2 rings (SSSR count). The van der Waals surface area contributed by atoms with Crippen LogP contribution in [0.2, 0.25) is 0 Å². The molecule has 1 amide bonds. The van der Waals surface area contributed by atoms with Crippen LogP contribution < -0.4 is 0 Å². The van der Waals surface area contributed by atoms with Crippen molar-refractivity contribution in [1.29, 1.82) is 0 Å². The lowest BCUT2D eigenvalue weighted by atomic mass is 9.91. The van der Waals surface area contributed by atoms with E-state index in [0.29, 0.717) is 6.04 Å². The third kappa shape index (κ3) is 2.17. The number of nitrogens with zero attached hydrogens (tertiary/aromatic N) is 1. The maximum atomic E-state index is 12.1. The average molecular weight is 315 g/mol. The molecule has 0 spiro atoms. The van der Waals surface area contributed by atoms with E-state index in [2.05, 4.69) is 22.6 Å². The van der Waals surface area contributed by atoms with Gasteiger partial charge in [0.15, 0.2) is 0 Å². The standard InChI is InChI=1S/C12H14INO/c1-14(9-5-4-6-9)12(15)10-7-2-3-8-11(10)13/h2-3,7-9H,4-6H2,1H3. The molecule has 3 heteroatoms. The predicted octanol–water partition coefficient (Wildman–Crippen LogP) is 2.92. The Balaban J connectivity index is 2.16. The average Bonchev–Trinajstić information content (AvgIpc) is 2.15. The topological polar surface area (TPSA) is 20.3 Å². The zero-order valence-corrected chi connectivity index (χ0v) is 10.9. The van der Waals surface area contributed by atoms with Gasteiger partial charge in [0.2, 0.25) is 0 Å². The zero-order chi connectivity index (χ0) is 10.8. The Morgan fingerprint density at radius 1 is 1.40 bits per heavy atom. The Morgan fingerprint density at radius 3 is 2.60 bits per heavy atom. The Morgan fingerprint density at radius 2 is 2.07 bits per heavy atom. The van der Waals surface area contributed by atoms with Crippen LogP contribution in [0.15, 0.2) is 24.3 Å². The molecule has 0 saturated heterocycles. The van der Waals surface area contributed by atoms with E-state index in [1.807, 2.05) is 36.2 Å². The van der Waals surface area contributed by atoms with E-state index in [1.165, 1.54) is 6.42 Å². The number of carbonyl (C=O) groups is 1. The predicted molar refractivity (Wildman–Crippen MR) is 68.9 cm³/mol. The van der Waals surface area contributed by atoms with Crippen LogP contribution in [0, 0.1) is 3.57 Å². The summed E-state index contributed by atoms with van der Waals surface area (Å²) in [5, 5.41) is 0. The van der Waals surface area contributed by atoms with Crippen LogP contribution in [0.4, 0.5) is 0 Å². The van der Waals surface area contributed by atoms with Crippen molar-refractivity contribution in [3.63, 3.8) is 0 Å². The molecule has 0 unspecified atom stereocenters. The van der Waals surface area contributed by atoms with E-state index >= 15 is 0 Å². The summed E-state index contributed by atoms with van der Waals surface area (Å²) in [6, 6.07) is 8.22. The van der Waals surface area contributed by atoms with Gasteiger partial charge in [0.25, 0.3) is 5.91 Å².